The highest BCUT2D eigenvalue weighted by Gasteiger charge is 2.15. The molecule has 98 valence electrons. The predicted molar refractivity (Wildman–Crippen MR) is 63.5 cm³/mol. The molecule has 0 saturated heterocycles. The van der Waals surface area contributed by atoms with E-state index in [0.29, 0.717) is 19.8 Å². The predicted octanol–water partition coefficient (Wildman–Crippen LogP) is 0.0114. The molecule has 2 amide bonds. The number of hydrogen-bond acceptors (Lipinski definition) is 4. The van der Waals surface area contributed by atoms with E-state index in [1.807, 2.05) is 6.92 Å². The highest BCUT2D eigenvalue weighted by molar-refractivity contribution is 5.98. The first-order valence-electron chi connectivity index (χ1n) is 5.35. The van der Waals surface area contributed by atoms with Crippen LogP contribution in [0.3, 0.4) is 0 Å². The van der Waals surface area contributed by atoms with Crippen molar-refractivity contribution in [1.82, 2.24) is 9.80 Å². The maximum Gasteiger partial charge on any atom is 0.288 e. The summed E-state index contributed by atoms with van der Waals surface area (Å²) in [5, 5.41) is 9.45. The molecule has 0 aliphatic rings. The Balaban J connectivity index is 4.33. The van der Waals surface area contributed by atoms with Gasteiger partial charge in [0.15, 0.2) is 5.76 Å². The van der Waals surface area contributed by atoms with Gasteiger partial charge in [-0.15, -0.1) is 0 Å². The minimum Gasteiger partial charge on any atom is -0.503 e. The Hall–Kier alpha value is -1.56. The Morgan fingerprint density at radius 3 is 2.35 bits per heavy atom. The first-order valence-corrected chi connectivity index (χ1v) is 5.35. The number of aliphatic hydroxyl groups is 1. The van der Waals surface area contributed by atoms with Crippen molar-refractivity contribution in [2.24, 2.45) is 0 Å². The minimum atomic E-state index is -0.597. The van der Waals surface area contributed by atoms with Crippen LogP contribution in [0.15, 0.2) is 11.8 Å². The summed E-state index contributed by atoms with van der Waals surface area (Å²) >= 11 is 0. The topological polar surface area (TPSA) is 70.1 Å². The molecule has 0 aromatic heterocycles. The second kappa shape index (κ2) is 7.67. The second-order valence-corrected chi connectivity index (χ2v) is 3.69. The first-order chi connectivity index (χ1) is 7.90. The van der Waals surface area contributed by atoms with Crippen molar-refractivity contribution in [2.45, 2.75) is 6.92 Å². The average molecular weight is 244 g/mol. The number of nitrogens with zero attached hydrogens (tertiary/aromatic N) is 2. The lowest BCUT2D eigenvalue weighted by Gasteiger charge is -2.16. The quantitative estimate of drug-likeness (QED) is 0.406. The summed E-state index contributed by atoms with van der Waals surface area (Å²) in [6.45, 7) is 3.19. The number of carbonyl (C=O) groups excluding carboxylic acids is 2. The molecule has 0 aromatic rings. The fourth-order valence-corrected chi connectivity index (χ4v) is 0.951. The van der Waals surface area contributed by atoms with E-state index in [9.17, 15) is 14.7 Å². The molecule has 0 aliphatic heterocycles. The van der Waals surface area contributed by atoms with Crippen molar-refractivity contribution in [1.29, 1.82) is 0 Å². The standard InChI is InChI=1S/C11H20N2O4/c1-5-17-7-6-13(4)11(16)9(14)8-10(15)12(2)3/h8,14H,5-7H2,1-4H3. The fourth-order valence-electron chi connectivity index (χ4n) is 0.951. The molecule has 0 heterocycles. The van der Waals surface area contributed by atoms with Gasteiger partial charge in [-0.05, 0) is 6.92 Å². The van der Waals surface area contributed by atoms with Crippen LogP contribution in [-0.4, -0.2) is 67.6 Å². The van der Waals surface area contributed by atoms with Crippen molar-refractivity contribution in [3.05, 3.63) is 11.8 Å². The van der Waals surface area contributed by atoms with Gasteiger partial charge >= 0.3 is 0 Å². The van der Waals surface area contributed by atoms with Crippen molar-refractivity contribution in [3.8, 4) is 0 Å². The molecule has 0 unspecified atom stereocenters. The van der Waals surface area contributed by atoms with E-state index in [1.165, 1.54) is 30.9 Å². The van der Waals surface area contributed by atoms with Crippen LogP contribution in [0.25, 0.3) is 0 Å². The van der Waals surface area contributed by atoms with Gasteiger partial charge in [0, 0.05) is 34.3 Å². The largest absolute Gasteiger partial charge is 0.503 e. The Morgan fingerprint density at radius 1 is 1.29 bits per heavy atom. The summed E-state index contributed by atoms with van der Waals surface area (Å²) in [5.41, 5.74) is 0. The Labute approximate surface area is 101 Å². The van der Waals surface area contributed by atoms with Gasteiger partial charge in [-0.25, -0.2) is 0 Å². The fraction of sp³-hybridized carbons (Fsp3) is 0.636. The van der Waals surface area contributed by atoms with Crippen LogP contribution in [0.5, 0.6) is 0 Å². The van der Waals surface area contributed by atoms with Gasteiger partial charge in [-0.1, -0.05) is 0 Å². The maximum absolute atomic E-state index is 11.6. The highest BCUT2D eigenvalue weighted by atomic mass is 16.5. The minimum absolute atomic E-state index is 0.362. The zero-order valence-corrected chi connectivity index (χ0v) is 10.8. The zero-order valence-electron chi connectivity index (χ0n) is 10.8. The Bertz CT molecular complexity index is 300. The van der Waals surface area contributed by atoms with Gasteiger partial charge in [0.05, 0.1) is 12.7 Å². The van der Waals surface area contributed by atoms with E-state index in [4.69, 9.17) is 4.74 Å². The Morgan fingerprint density at radius 2 is 1.88 bits per heavy atom. The highest BCUT2D eigenvalue weighted by Crippen LogP contribution is 1.97. The molecule has 0 bridgehead atoms. The molecule has 0 aromatic carbocycles. The van der Waals surface area contributed by atoms with Crippen LogP contribution in [-0.2, 0) is 14.3 Å². The number of ether oxygens (including phenoxy) is 1. The third kappa shape index (κ3) is 5.91. The SMILES string of the molecule is CCOCCN(C)C(=O)C(O)=CC(=O)N(C)C. The molecule has 0 spiro atoms. The molecule has 6 nitrogen and oxygen atoms in total. The Kier molecular flexibility index (Phi) is 6.97. The van der Waals surface area contributed by atoms with Gasteiger partial charge in [0.1, 0.15) is 0 Å². The lowest BCUT2D eigenvalue weighted by molar-refractivity contribution is -0.130. The number of carbonyl (C=O) groups is 2. The molecule has 17 heavy (non-hydrogen) atoms. The molecule has 0 aliphatic carbocycles. The van der Waals surface area contributed by atoms with E-state index in [1.54, 1.807) is 0 Å². The summed E-state index contributed by atoms with van der Waals surface area (Å²) < 4.78 is 5.08. The van der Waals surface area contributed by atoms with Gasteiger partial charge < -0.3 is 19.6 Å². The summed E-state index contributed by atoms with van der Waals surface area (Å²) in [5.74, 6) is -1.60. The summed E-state index contributed by atoms with van der Waals surface area (Å²) in [4.78, 5) is 25.4. The van der Waals surface area contributed by atoms with E-state index < -0.39 is 17.6 Å². The lowest BCUT2D eigenvalue weighted by atomic mass is 10.3. The smallest absolute Gasteiger partial charge is 0.288 e. The third-order valence-electron chi connectivity index (χ3n) is 2.04. The van der Waals surface area contributed by atoms with Gasteiger partial charge in [0.2, 0.25) is 5.91 Å². The summed E-state index contributed by atoms with van der Waals surface area (Å²) in [7, 11) is 4.61. The van der Waals surface area contributed by atoms with Crippen LogP contribution < -0.4 is 0 Å². The van der Waals surface area contributed by atoms with Crippen LogP contribution in [0.1, 0.15) is 6.92 Å². The molecule has 0 radical (unpaired) electrons. The molecular weight excluding hydrogens is 224 g/mol. The lowest BCUT2D eigenvalue weighted by Crippen LogP contribution is -2.32. The number of rotatable bonds is 6. The van der Waals surface area contributed by atoms with E-state index in [-0.39, 0.29) is 0 Å². The third-order valence-corrected chi connectivity index (χ3v) is 2.04. The first kappa shape index (κ1) is 15.4. The van der Waals surface area contributed by atoms with E-state index in [0.717, 1.165) is 6.08 Å². The van der Waals surface area contributed by atoms with Crippen LogP contribution in [0.4, 0.5) is 0 Å². The van der Waals surface area contributed by atoms with Crippen LogP contribution >= 0.6 is 0 Å². The van der Waals surface area contributed by atoms with Crippen molar-refractivity contribution in [2.75, 3.05) is 40.9 Å². The van der Waals surface area contributed by atoms with Gasteiger partial charge in [-0.3, -0.25) is 9.59 Å². The molecule has 0 atom stereocenters. The summed E-state index contributed by atoms with van der Waals surface area (Å²) in [6, 6.07) is 0. The zero-order chi connectivity index (χ0) is 13.4. The van der Waals surface area contributed by atoms with Crippen LogP contribution in [0.2, 0.25) is 0 Å². The van der Waals surface area contributed by atoms with E-state index >= 15 is 0 Å². The average Bonchev–Trinajstić information content (AvgIpc) is 2.27. The number of amides is 2. The van der Waals surface area contributed by atoms with Gasteiger partial charge in [-0.2, -0.15) is 0 Å². The molecule has 0 rings (SSSR count). The molecule has 0 fully saturated rings. The molecular formula is C11H20N2O4. The van der Waals surface area contributed by atoms with Crippen molar-refractivity contribution < 1.29 is 19.4 Å². The second-order valence-electron chi connectivity index (χ2n) is 3.69. The number of aliphatic hydroxyl groups excluding tert-OH is 1. The normalized spacial score (nSPS) is 11.2. The van der Waals surface area contributed by atoms with E-state index in [2.05, 4.69) is 0 Å². The maximum atomic E-state index is 11.6. The monoisotopic (exact) mass is 244 g/mol. The van der Waals surface area contributed by atoms with Crippen LogP contribution in [0, 0.1) is 0 Å². The van der Waals surface area contributed by atoms with Crippen molar-refractivity contribution in [3.63, 3.8) is 0 Å². The van der Waals surface area contributed by atoms with Crippen molar-refractivity contribution >= 4 is 11.8 Å². The van der Waals surface area contributed by atoms with Gasteiger partial charge in [0.25, 0.3) is 5.91 Å². The molecule has 0 saturated carbocycles. The summed E-state index contributed by atoms with van der Waals surface area (Å²) in [6.07, 6.45) is 0.902. The number of hydrogen-bond donors (Lipinski definition) is 1. The number of likely N-dealkylation sites (N-methyl/N-ethyl adjacent to an activating group) is 2. The molecule has 6 heteroatoms. The molecule has 1 N–H and O–H groups in total.